The molecule has 27 heavy (non-hydrogen) atoms. The number of anilines is 1. The van der Waals surface area contributed by atoms with E-state index in [2.05, 4.69) is 15.5 Å². The van der Waals surface area contributed by atoms with Gasteiger partial charge in [0.2, 0.25) is 11.7 Å². The first-order chi connectivity index (χ1) is 12.9. The van der Waals surface area contributed by atoms with E-state index in [1.807, 2.05) is 17.5 Å². The van der Waals surface area contributed by atoms with Gasteiger partial charge in [0.05, 0.1) is 22.0 Å². The fraction of sp³-hybridized carbons (Fsp3) is 0.235. The zero-order valence-electron chi connectivity index (χ0n) is 13.7. The molecule has 1 N–H and O–H groups in total. The second kappa shape index (κ2) is 6.69. The number of benzene rings is 1. The number of likely N-dealkylation sites (tertiary alicyclic amines) is 1. The molecule has 1 saturated heterocycles. The summed E-state index contributed by atoms with van der Waals surface area (Å²) in [5, 5.41) is 8.14. The fourth-order valence-electron chi connectivity index (χ4n) is 2.74. The standard InChI is InChI=1S/C17H13F3N4O2S/c18-17(19,20)11-4-1-2-5-12(11)21-16(25)24-8-10(9-24)15-22-14(23-26-15)13-6-3-7-27-13/h1-7,10H,8-9H2,(H,21,25). The molecular formula is C17H13F3N4O2S. The minimum Gasteiger partial charge on any atom is -0.339 e. The third kappa shape index (κ3) is 3.52. The Hall–Kier alpha value is -2.88. The highest BCUT2D eigenvalue weighted by molar-refractivity contribution is 7.13. The van der Waals surface area contributed by atoms with Crippen LogP contribution in [0.25, 0.3) is 10.7 Å². The van der Waals surface area contributed by atoms with Crippen molar-refractivity contribution in [1.82, 2.24) is 15.0 Å². The molecule has 2 aromatic heterocycles. The van der Waals surface area contributed by atoms with Gasteiger partial charge in [-0.25, -0.2) is 4.79 Å². The lowest BCUT2D eigenvalue weighted by molar-refractivity contribution is -0.136. The normalized spacial score (nSPS) is 14.9. The smallest absolute Gasteiger partial charge is 0.339 e. The van der Waals surface area contributed by atoms with Crippen molar-refractivity contribution in [2.75, 3.05) is 18.4 Å². The van der Waals surface area contributed by atoms with Crippen molar-refractivity contribution in [3.05, 3.63) is 53.2 Å². The molecule has 0 atom stereocenters. The summed E-state index contributed by atoms with van der Waals surface area (Å²) in [6.45, 7) is 0.595. The average molecular weight is 394 g/mol. The molecule has 0 radical (unpaired) electrons. The Morgan fingerprint density at radius 1 is 1.22 bits per heavy atom. The predicted molar refractivity (Wildman–Crippen MR) is 92.4 cm³/mol. The highest BCUT2D eigenvalue weighted by Crippen LogP contribution is 2.35. The average Bonchev–Trinajstić information content (AvgIpc) is 3.24. The Kier molecular flexibility index (Phi) is 4.34. The lowest BCUT2D eigenvalue weighted by Crippen LogP contribution is -2.50. The molecule has 0 spiro atoms. The van der Waals surface area contributed by atoms with E-state index in [4.69, 9.17) is 4.52 Å². The second-order valence-corrected chi connectivity index (χ2v) is 6.96. The van der Waals surface area contributed by atoms with Gasteiger partial charge in [0, 0.05) is 13.1 Å². The maximum Gasteiger partial charge on any atom is 0.418 e. The molecule has 0 unspecified atom stereocenters. The van der Waals surface area contributed by atoms with E-state index in [0.29, 0.717) is 24.8 Å². The number of aromatic nitrogens is 2. The number of nitrogens with zero attached hydrogens (tertiary/aromatic N) is 3. The molecule has 10 heteroatoms. The fourth-order valence-corrected chi connectivity index (χ4v) is 3.39. The molecule has 3 heterocycles. The Labute approximate surface area is 155 Å². The number of carbonyl (C=O) groups excluding carboxylic acids is 1. The van der Waals surface area contributed by atoms with Crippen LogP contribution < -0.4 is 5.32 Å². The minimum absolute atomic E-state index is 0.130. The quantitative estimate of drug-likeness (QED) is 0.713. The van der Waals surface area contributed by atoms with Crippen LogP contribution in [0.3, 0.4) is 0 Å². The van der Waals surface area contributed by atoms with Gasteiger partial charge in [-0.05, 0) is 23.6 Å². The van der Waals surface area contributed by atoms with Gasteiger partial charge in [-0.15, -0.1) is 11.3 Å². The molecule has 1 aromatic carbocycles. The van der Waals surface area contributed by atoms with E-state index < -0.39 is 17.8 Å². The van der Waals surface area contributed by atoms with Gasteiger partial charge in [-0.1, -0.05) is 23.4 Å². The SMILES string of the molecule is O=C(Nc1ccccc1C(F)(F)F)N1CC(c2nc(-c3cccs3)no2)C1. The number of halogens is 3. The van der Waals surface area contributed by atoms with Crippen LogP contribution in [0.2, 0.25) is 0 Å². The monoisotopic (exact) mass is 394 g/mol. The van der Waals surface area contributed by atoms with Crippen LogP contribution in [-0.2, 0) is 6.18 Å². The summed E-state index contributed by atoms with van der Waals surface area (Å²) >= 11 is 1.49. The van der Waals surface area contributed by atoms with Crippen LogP contribution in [0.5, 0.6) is 0 Å². The zero-order valence-corrected chi connectivity index (χ0v) is 14.5. The molecule has 0 bridgehead atoms. The van der Waals surface area contributed by atoms with Gasteiger partial charge in [0.25, 0.3) is 0 Å². The minimum atomic E-state index is -4.54. The Morgan fingerprint density at radius 2 is 2.00 bits per heavy atom. The van der Waals surface area contributed by atoms with Crippen molar-refractivity contribution in [1.29, 1.82) is 0 Å². The number of rotatable bonds is 3. The number of amides is 2. The number of hydrogen-bond donors (Lipinski definition) is 1. The molecule has 140 valence electrons. The van der Waals surface area contributed by atoms with Crippen molar-refractivity contribution >= 4 is 23.1 Å². The molecule has 6 nitrogen and oxygen atoms in total. The number of hydrogen-bond acceptors (Lipinski definition) is 5. The molecule has 1 aliphatic heterocycles. The van der Waals surface area contributed by atoms with Gasteiger partial charge in [0.15, 0.2) is 0 Å². The van der Waals surface area contributed by atoms with Crippen LogP contribution in [-0.4, -0.2) is 34.2 Å². The van der Waals surface area contributed by atoms with Crippen LogP contribution >= 0.6 is 11.3 Å². The predicted octanol–water partition coefficient (Wildman–Crippen LogP) is 4.45. The summed E-state index contributed by atoms with van der Waals surface area (Å²) in [6, 6.07) is 8.03. The second-order valence-electron chi connectivity index (χ2n) is 6.01. The molecule has 2 amide bonds. The number of nitrogens with one attached hydrogen (secondary N) is 1. The van der Waals surface area contributed by atoms with Crippen molar-refractivity contribution in [2.45, 2.75) is 12.1 Å². The van der Waals surface area contributed by atoms with Gasteiger partial charge in [0.1, 0.15) is 0 Å². The Morgan fingerprint density at radius 3 is 2.70 bits per heavy atom. The lowest BCUT2D eigenvalue weighted by Gasteiger charge is -2.37. The maximum atomic E-state index is 13.0. The van der Waals surface area contributed by atoms with E-state index in [9.17, 15) is 18.0 Å². The summed E-state index contributed by atoms with van der Waals surface area (Å²) < 4.78 is 44.3. The molecule has 0 saturated carbocycles. The summed E-state index contributed by atoms with van der Waals surface area (Å²) in [5.74, 6) is 0.773. The molecule has 1 aliphatic rings. The highest BCUT2D eigenvalue weighted by atomic mass is 32.1. The van der Waals surface area contributed by atoms with E-state index in [1.54, 1.807) is 0 Å². The first kappa shape index (κ1) is 17.5. The zero-order chi connectivity index (χ0) is 19.0. The third-order valence-corrected chi connectivity index (χ3v) is 5.04. The molecule has 1 fully saturated rings. The van der Waals surface area contributed by atoms with Gasteiger partial charge in [-0.3, -0.25) is 0 Å². The van der Waals surface area contributed by atoms with Crippen LogP contribution in [0.4, 0.5) is 23.7 Å². The van der Waals surface area contributed by atoms with Crippen molar-refractivity contribution < 1.29 is 22.5 Å². The summed E-state index contributed by atoms with van der Waals surface area (Å²) in [4.78, 5) is 18.8. The van der Waals surface area contributed by atoms with Crippen molar-refractivity contribution in [2.24, 2.45) is 0 Å². The van der Waals surface area contributed by atoms with Crippen molar-refractivity contribution in [3.8, 4) is 10.7 Å². The lowest BCUT2D eigenvalue weighted by atomic mass is 10.0. The number of thiophene rings is 1. The van der Waals surface area contributed by atoms with Crippen LogP contribution in [0, 0.1) is 0 Å². The number of para-hydroxylation sites is 1. The third-order valence-electron chi connectivity index (χ3n) is 4.18. The first-order valence-corrected chi connectivity index (χ1v) is 8.89. The van der Waals surface area contributed by atoms with E-state index >= 15 is 0 Å². The number of urea groups is 1. The Balaban J connectivity index is 1.38. The van der Waals surface area contributed by atoms with Gasteiger partial charge >= 0.3 is 12.2 Å². The first-order valence-electron chi connectivity index (χ1n) is 8.01. The summed E-state index contributed by atoms with van der Waals surface area (Å²) in [7, 11) is 0. The Bertz CT molecular complexity index is 949. The number of carbonyl (C=O) groups is 1. The largest absolute Gasteiger partial charge is 0.418 e. The summed E-state index contributed by atoms with van der Waals surface area (Å²) in [5.41, 5.74) is -1.15. The molecule has 0 aliphatic carbocycles. The van der Waals surface area contributed by atoms with E-state index in [-0.39, 0.29) is 11.6 Å². The van der Waals surface area contributed by atoms with E-state index in [1.165, 1.54) is 34.4 Å². The van der Waals surface area contributed by atoms with Crippen molar-refractivity contribution in [3.63, 3.8) is 0 Å². The van der Waals surface area contributed by atoms with Crippen LogP contribution in [0.1, 0.15) is 17.4 Å². The molecule has 4 rings (SSSR count). The maximum absolute atomic E-state index is 13.0. The van der Waals surface area contributed by atoms with E-state index in [0.717, 1.165) is 10.9 Å². The van der Waals surface area contributed by atoms with Gasteiger partial charge < -0.3 is 14.7 Å². The van der Waals surface area contributed by atoms with Gasteiger partial charge in [-0.2, -0.15) is 18.2 Å². The topological polar surface area (TPSA) is 71.3 Å². The van der Waals surface area contributed by atoms with Crippen LogP contribution in [0.15, 0.2) is 46.3 Å². The highest BCUT2D eigenvalue weighted by Gasteiger charge is 2.38. The summed E-state index contributed by atoms with van der Waals surface area (Å²) in [6.07, 6.45) is -4.54. The molecule has 3 aromatic rings. The number of alkyl halides is 3. The molecular weight excluding hydrogens is 381 g/mol.